The van der Waals surface area contributed by atoms with Crippen molar-refractivity contribution in [3.8, 4) is 0 Å². The number of hydrogen-bond acceptors (Lipinski definition) is 3. The highest BCUT2D eigenvalue weighted by molar-refractivity contribution is 5.77. The fourth-order valence-corrected chi connectivity index (χ4v) is 1.99. The van der Waals surface area contributed by atoms with Gasteiger partial charge in [-0.05, 0) is 18.2 Å². The smallest absolute Gasteiger partial charge is 0.201 e. The number of anilines is 1. The van der Waals surface area contributed by atoms with E-state index < -0.39 is 0 Å². The highest BCUT2D eigenvalue weighted by Gasteiger charge is 2.02. The summed E-state index contributed by atoms with van der Waals surface area (Å²) < 4.78 is 1.89. The minimum absolute atomic E-state index is 0.818. The monoisotopic (exact) mass is 241 g/mol. The van der Waals surface area contributed by atoms with Crippen LogP contribution in [0.4, 0.5) is 5.95 Å². The first-order valence-electron chi connectivity index (χ1n) is 5.98. The molecule has 0 bridgehead atoms. The molecule has 0 aliphatic heterocycles. The molecule has 0 aliphatic carbocycles. The van der Waals surface area contributed by atoms with E-state index in [-0.39, 0.29) is 0 Å². The highest BCUT2D eigenvalue weighted by atomic mass is 15.3. The number of nitrogens with zero attached hydrogens (tertiary/aromatic N) is 3. The molecule has 0 unspecified atom stereocenters. The van der Waals surface area contributed by atoms with Crippen molar-refractivity contribution in [2.24, 2.45) is 7.05 Å². The molecule has 2 heterocycles. The van der Waals surface area contributed by atoms with E-state index in [0.29, 0.717) is 0 Å². The van der Waals surface area contributed by atoms with Crippen LogP contribution in [0.3, 0.4) is 0 Å². The fourth-order valence-electron chi connectivity index (χ4n) is 1.99. The third-order valence-electron chi connectivity index (χ3n) is 2.99. The molecule has 5 nitrogen and oxygen atoms in total. The molecule has 0 fully saturated rings. The molecule has 92 valence electrons. The van der Waals surface area contributed by atoms with E-state index in [2.05, 4.69) is 20.4 Å². The lowest BCUT2D eigenvalue weighted by Gasteiger charge is -2.03. The van der Waals surface area contributed by atoms with Crippen molar-refractivity contribution in [1.29, 1.82) is 0 Å². The molecule has 3 aromatic rings. The average Bonchev–Trinajstić information content (AvgIpc) is 2.96. The molecule has 0 amide bonds. The van der Waals surface area contributed by atoms with Gasteiger partial charge in [-0.1, -0.05) is 12.1 Å². The minimum atomic E-state index is 0.818. The zero-order valence-corrected chi connectivity index (χ0v) is 10.2. The summed E-state index contributed by atoms with van der Waals surface area (Å²) in [5.74, 6) is 0.818. The molecule has 2 N–H and O–H groups in total. The molecular weight excluding hydrogens is 226 g/mol. The van der Waals surface area contributed by atoms with E-state index in [9.17, 15) is 0 Å². The maximum absolute atomic E-state index is 4.46. The number of aromatic nitrogens is 4. The zero-order chi connectivity index (χ0) is 12.4. The maximum Gasteiger partial charge on any atom is 0.201 e. The normalized spacial score (nSPS) is 10.9. The topological polar surface area (TPSA) is 58.5 Å². The summed E-state index contributed by atoms with van der Waals surface area (Å²) in [5, 5.41) is 7.43. The number of aromatic amines is 1. The van der Waals surface area contributed by atoms with Crippen LogP contribution in [-0.4, -0.2) is 26.3 Å². The lowest BCUT2D eigenvalue weighted by atomic mass is 10.3. The Morgan fingerprint density at radius 3 is 2.94 bits per heavy atom. The SMILES string of the molecule is Cn1nccc1CCNc1nc2ccccc2[nH]1. The van der Waals surface area contributed by atoms with E-state index in [1.807, 2.05) is 48.3 Å². The van der Waals surface area contributed by atoms with Gasteiger partial charge in [-0.2, -0.15) is 5.10 Å². The summed E-state index contributed by atoms with van der Waals surface area (Å²) in [7, 11) is 1.95. The predicted molar refractivity (Wildman–Crippen MR) is 71.5 cm³/mol. The van der Waals surface area contributed by atoms with Crippen LogP contribution < -0.4 is 5.32 Å². The molecule has 0 atom stereocenters. The number of imidazole rings is 1. The molecule has 1 aromatic carbocycles. The second-order valence-electron chi connectivity index (χ2n) is 4.23. The van der Waals surface area contributed by atoms with E-state index in [0.717, 1.165) is 29.9 Å². The molecule has 0 saturated heterocycles. The standard InChI is InChI=1S/C13H15N5/c1-18-10(7-9-15-18)6-8-14-13-16-11-4-2-3-5-12(11)17-13/h2-5,7,9H,6,8H2,1H3,(H2,14,16,17). The van der Waals surface area contributed by atoms with Crippen molar-refractivity contribution in [2.45, 2.75) is 6.42 Å². The van der Waals surface area contributed by atoms with Crippen LogP contribution in [0.2, 0.25) is 0 Å². The largest absolute Gasteiger partial charge is 0.355 e. The van der Waals surface area contributed by atoms with Crippen LogP contribution in [-0.2, 0) is 13.5 Å². The molecule has 5 heteroatoms. The van der Waals surface area contributed by atoms with Gasteiger partial charge in [-0.25, -0.2) is 4.98 Å². The second kappa shape index (κ2) is 4.52. The van der Waals surface area contributed by atoms with E-state index in [4.69, 9.17) is 0 Å². The Morgan fingerprint density at radius 2 is 2.17 bits per heavy atom. The van der Waals surface area contributed by atoms with Crippen LogP contribution in [0.1, 0.15) is 5.69 Å². The fraction of sp³-hybridized carbons (Fsp3) is 0.231. The highest BCUT2D eigenvalue weighted by Crippen LogP contribution is 2.13. The Bertz CT molecular complexity index is 619. The summed E-state index contributed by atoms with van der Waals surface area (Å²) in [6.45, 7) is 0.833. The first kappa shape index (κ1) is 10.8. The summed E-state index contributed by atoms with van der Waals surface area (Å²) in [4.78, 5) is 7.71. The number of hydrogen-bond donors (Lipinski definition) is 2. The summed E-state index contributed by atoms with van der Waals surface area (Å²) >= 11 is 0. The van der Waals surface area contributed by atoms with Gasteiger partial charge >= 0.3 is 0 Å². The molecule has 18 heavy (non-hydrogen) atoms. The van der Waals surface area contributed by atoms with Gasteiger partial charge in [-0.15, -0.1) is 0 Å². The van der Waals surface area contributed by atoms with Gasteiger partial charge in [0.15, 0.2) is 0 Å². The molecule has 3 rings (SSSR count). The lowest BCUT2D eigenvalue weighted by Crippen LogP contribution is -2.09. The van der Waals surface area contributed by atoms with Gasteiger partial charge < -0.3 is 10.3 Å². The summed E-state index contributed by atoms with van der Waals surface area (Å²) in [5.41, 5.74) is 3.25. The Balaban J connectivity index is 1.65. The summed E-state index contributed by atoms with van der Waals surface area (Å²) in [6.07, 6.45) is 2.74. The van der Waals surface area contributed by atoms with Crippen LogP contribution in [0.5, 0.6) is 0 Å². The Kier molecular flexibility index (Phi) is 2.72. The second-order valence-corrected chi connectivity index (χ2v) is 4.23. The molecule has 0 aliphatic rings. The Morgan fingerprint density at radius 1 is 1.28 bits per heavy atom. The number of nitrogens with one attached hydrogen (secondary N) is 2. The number of fused-ring (bicyclic) bond motifs is 1. The number of aryl methyl sites for hydroxylation is 1. The van der Waals surface area contributed by atoms with Crippen LogP contribution >= 0.6 is 0 Å². The van der Waals surface area contributed by atoms with E-state index in [1.165, 1.54) is 5.69 Å². The zero-order valence-electron chi connectivity index (χ0n) is 10.2. The van der Waals surface area contributed by atoms with Gasteiger partial charge in [0.2, 0.25) is 5.95 Å². The predicted octanol–water partition coefficient (Wildman–Crippen LogP) is 1.95. The third-order valence-corrected chi connectivity index (χ3v) is 2.99. The van der Waals surface area contributed by atoms with Crippen molar-refractivity contribution in [3.05, 3.63) is 42.2 Å². The Labute approximate surface area is 105 Å². The quantitative estimate of drug-likeness (QED) is 0.734. The van der Waals surface area contributed by atoms with Crippen molar-refractivity contribution >= 4 is 17.0 Å². The van der Waals surface area contributed by atoms with Crippen LogP contribution in [0, 0.1) is 0 Å². The third kappa shape index (κ3) is 2.07. The molecule has 2 aromatic heterocycles. The molecular formula is C13H15N5. The molecule has 0 radical (unpaired) electrons. The first-order valence-corrected chi connectivity index (χ1v) is 5.98. The van der Waals surface area contributed by atoms with Gasteiger partial charge in [0.1, 0.15) is 0 Å². The number of H-pyrrole nitrogens is 1. The number of para-hydroxylation sites is 2. The molecule has 0 saturated carbocycles. The van der Waals surface area contributed by atoms with Crippen molar-refractivity contribution in [1.82, 2.24) is 19.7 Å². The van der Waals surface area contributed by atoms with Crippen molar-refractivity contribution in [2.75, 3.05) is 11.9 Å². The minimum Gasteiger partial charge on any atom is -0.355 e. The van der Waals surface area contributed by atoms with Gasteiger partial charge in [0.05, 0.1) is 11.0 Å². The molecule has 0 spiro atoms. The number of benzene rings is 1. The van der Waals surface area contributed by atoms with Gasteiger partial charge in [0.25, 0.3) is 0 Å². The Hall–Kier alpha value is -2.30. The van der Waals surface area contributed by atoms with Crippen LogP contribution in [0.15, 0.2) is 36.5 Å². The van der Waals surface area contributed by atoms with E-state index in [1.54, 1.807) is 0 Å². The van der Waals surface area contributed by atoms with Gasteiger partial charge in [0, 0.05) is 31.9 Å². The summed E-state index contributed by atoms with van der Waals surface area (Å²) in [6, 6.07) is 10.0. The van der Waals surface area contributed by atoms with E-state index >= 15 is 0 Å². The van der Waals surface area contributed by atoms with Gasteiger partial charge in [-0.3, -0.25) is 4.68 Å². The number of rotatable bonds is 4. The maximum atomic E-state index is 4.46. The van der Waals surface area contributed by atoms with Crippen molar-refractivity contribution < 1.29 is 0 Å². The van der Waals surface area contributed by atoms with Crippen LogP contribution in [0.25, 0.3) is 11.0 Å². The first-order chi connectivity index (χ1) is 8.83. The van der Waals surface area contributed by atoms with Crippen molar-refractivity contribution in [3.63, 3.8) is 0 Å². The average molecular weight is 241 g/mol. The lowest BCUT2D eigenvalue weighted by molar-refractivity contribution is 0.710.